The van der Waals surface area contributed by atoms with Gasteiger partial charge < -0.3 is 5.73 Å². The fraction of sp³-hybridized carbons (Fsp3) is 1.00. The second-order valence-corrected chi connectivity index (χ2v) is 1.75. The summed E-state index contributed by atoms with van der Waals surface area (Å²) in [5.74, 6) is 0.213. The molecule has 2 N–H and O–H groups in total. The molecule has 1 fully saturated rings. The van der Waals surface area contributed by atoms with E-state index in [2.05, 4.69) is 0 Å². The molecular weight excluding hydrogens is 81.0 g/mol. The molecule has 2 atom stereocenters. The van der Waals surface area contributed by atoms with Crippen molar-refractivity contribution >= 4 is 0 Å². The third kappa shape index (κ3) is 0.522. The molecule has 1 nitrogen and oxygen atoms in total. The van der Waals surface area contributed by atoms with Crippen molar-refractivity contribution in [3.63, 3.8) is 0 Å². The van der Waals surface area contributed by atoms with E-state index in [0.29, 0.717) is 13.0 Å². The minimum atomic E-state index is -0.560. The second kappa shape index (κ2) is 1.19. The van der Waals surface area contributed by atoms with E-state index in [1.165, 1.54) is 0 Å². The zero-order valence-corrected chi connectivity index (χ0v) is 3.52. The van der Waals surface area contributed by atoms with Crippen LogP contribution in [0.4, 0.5) is 4.39 Å². The van der Waals surface area contributed by atoms with Crippen LogP contribution in [0.5, 0.6) is 0 Å². The summed E-state index contributed by atoms with van der Waals surface area (Å²) >= 11 is 0. The van der Waals surface area contributed by atoms with E-state index in [0.717, 1.165) is 0 Å². The topological polar surface area (TPSA) is 26.0 Å². The highest BCUT2D eigenvalue weighted by atomic mass is 19.1. The molecule has 1 saturated carbocycles. The van der Waals surface area contributed by atoms with Crippen molar-refractivity contribution in [3.05, 3.63) is 0 Å². The van der Waals surface area contributed by atoms with Gasteiger partial charge in [-0.3, -0.25) is 0 Å². The van der Waals surface area contributed by atoms with Crippen LogP contribution >= 0.6 is 0 Å². The Labute approximate surface area is 36.3 Å². The van der Waals surface area contributed by atoms with E-state index in [1.54, 1.807) is 0 Å². The van der Waals surface area contributed by atoms with Crippen molar-refractivity contribution in [2.45, 2.75) is 12.6 Å². The van der Waals surface area contributed by atoms with Crippen molar-refractivity contribution in [1.29, 1.82) is 0 Å². The van der Waals surface area contributed by atoms with Crippen LogP contribution in [-0.2, 0) is 0 Å². The lowest BCUT2D eigenvalue weighted by molar-refractivity contribution is 0.448. The Morgan fingerprint density at radius 2 is 2.33 bits per heavy atom. The maximum atomic E-state index is 11.7. The fourth-order valence-electron chi connectivity index (χ4n) is 0.455. The van der Waals surface area contributed by atoms with Gasteiger partial charge in [-0.15, -0.1) is 0 Å². The van der Waals surface area contributed by atoms with Crippen LogP contribution in [0.2, 0.25) is 0 Å². The molecule has 1 aliphatic rings. The molecule has 0 aromatic heterocycles. The summed E-state index contributed by atoms with van der Waals surface area (Å²) in [6, 6.07) is 0. The Kier molecular flexibility index (Phi) is 0.804. The predicted octanol–water partition coefficient (Wildman–Crippen LogP) is 0.303. The zero-order chi connectivity index (χ0) is 4.57. The fourth-order valence-corrected chi connectivity index (χ4v) is 0.455. The molecule has 0 aromatic rings. The normalized spacial score (nSPS) is 43.0. The maximum Gasteiger partial charge on any atom is 0.105 e. The summed E-state index contributed by atoms with van der Waals surface area (Å²) in [5.41, 5.74) is 5.08. The van der Waals surface area contributed by atoms with Gasteiger partial charge in [0, 0.05) is 5.92 Å². The molecule has 0 radical (unpaired) electrons. The number of nitrogens with two attached hydrogens (primary N) is 1. The summed E-state index contributed by atoms with van der Waals surface area (Å²) in [6.07, 6.45) is 0.145. The summed E-state index contributed by atoms with van der Waals surface area (Å²) in [6.45, 7) is 0.529. The minimum absolute atomic E-state index is 0.213. The minimum Gasteiger partial charge on any atom is -0.330 e. The van der Waals surface area contributed by atoms with Gasteiger partial charge in [0.25, 0.3) is 0 Å². The highest BCUT2D eigenvalue weighted by Gasteiger charge is 2.35. The highest BCUT2D eigenvalue weighted by Crippen LogP contribution is 2.31. The molecule has 0 aromatic carbocycles. The van der Waals surface area contributed by atoms with Crippen LogP contribution < -0.4 is 5.73 Å². The Bertz CT molecular complexity index is 53.5. The van der Waals surface area contributed by atoms with Gasteiger partial charge in [0.05, 0.1) is 0 Å². The lowest BCUT2D eigenvalue weighted by Gasteiger charge is -1.77. The third-order valence-electron chi connectivity index (χ3n) is 1.14. The van der Waals surface area contributed by atoms with E-state index in [1.807, 2.05) is 0 Å². The molecule has 0 aliphatic heterocycles. The molecule has 1 aliphatic carbocycles. The van der Waals surface area contributed by atoms with Crippen LogP contribution in [-0.4, -0.2) is 12.7 Å². The Morgan fingerprint density at radius 3 is 2.33 bits per heavy atom. The maximum absolute atomic E-state index is 11.7. The first-order valence-corrected chi connectivity index (χ1v) is 2.18. The van der Waals surface area contributed by atoms with Crippen molar-refractivity contribution < 1.29 is 4.39 Å². The van der Waals surface area contributed by atoms with E-state index >= 15 is 0 Å². The monoisotopic (exact) mass is 89.1 g/mol. The number of rotatable bonds is 1. The van der Waals surface area contributed by atoms with Gasteiger partial charge in [0.15, 0.2) is 0 Å². The summed E-state index contributed by atoms with van der Waals surface area (Å²) < 4.78 is 11.7. The standard InChI is InChI=1S/C4H8FN/c5-4-1-3(4)2-6/h3-4H,1-2,6H2/t3?,4-/m0/s1. The number of halogens is 1. The van der Waals surface area contributed by atoms with Gasteiger partial charge in [-0.25, -0.2) is 4.39 Å². The quantitative estimate of drug-likeness (QED) is 0.491. The molecule has 0 amide bonds. The van der Waals surface area contributed by atoms with E-state index in [4.69, 9.17) is 5.73 Å². The molecule has 0 spiro atoms. The van der Waals surface area contributed by atoms with Gasteiger partial charge in [0.2, 0.25) is 0 Å². The van der Waals surface area contributed by atoms with Gasteiger partial charge in [-0.2, -0.15) is 0 Å². The first-order valence-electron chi connectivity index (χ1n) is 2.18. The van der Waals surface area contributed by atoms with Crippen molar-refractivity contribution in [3.8, 4) is 0 Å². The number of hydrogen-bond donors (Lipinski definition) is 1. The molecule has 0 bridgehead atoms. The van der Waals surface area contributed by atoms with Crippen LogP contribution in [0.15, 0.2) is 0 Å². The average Bonchev–Trinajstić information content (AvgIpc) is 2.19. The molecule has 1 rings (SSSR count). The molecule has 1 unspecified atom stereocenters. The highest BCUT2D eigenvalue weighted by molar-refractivity contribution is 4.86. The second-order valence-electron chi connectivity index (χ2n) is 1.75. The zero-order valence-electron chi connectivity index (χ0n) is 3.52. The SMILES string of the molecule is NCC1C[C@@H]1F. The predicted molar refractivity (Wildman–Crippen MR) is 22.1 cm³/mol. The molecule has 0 saturated heterocycles. The number of hydrogen-bond acceptors (Lipinski definition) is 1. The lowest BCUT2D eigenvalue weighted by atomic mass is 10.4. The van der Waals surface area contributed by atoms with Crippen molar-refractivity contribution in [1.82, 2.24) is 0 Å². The molecule has 6 heavy (non-hydrogen) atoms. The van der Waals surface area contributed by atoms with E-state index in [9.17, 15) is 4.39 Å². The Morgan fingerprint density at radius 1 is 1.83 bits per heavy atom. The average molecular weight is 89.1 g/mol. The van der Waals surface area contributed by atoms with Crippen LogP contribution in [0, 0.1) is 5.92 Å². The van der Waals surface area contributed by atoms with Crippen LogP contribution in [0.3, 0.4) is 0 Å². The largest absolute Gasteiger partial charge is 0.330 e. The van der Waals surface area contributed by atoms with Crippen LogP contribution in [0.1, 0.15) is 6.42 Å². The van der Waals surface area contributed by atoms with Crippen LogP contribution in [0.25, 0.3) is 0 Å². The molecular formula is C4H8FN. The Balaban J connectivity index is 2.09. The third-order valence-corrected chi connectivity index (χ3v) is 1.14. The smallest absolute Gasteiger partial charge is 0.105 e. The number of alkyl halides is 1. The summed E-state index contributed by atoms with van der Waals surface area (Å²) in [7, 11) is 0. The van der Waals surface area contributed by atoms with Gasteiger partial charge in [-0.05, 0) is 13.0 Å². The Hall–Kier alpha value is -0.110. The lowest BCUT2D eigenvalue weighted by Crippen LogP contribution is -2.01. The molecule has 36 valence electrons. The van der Waals surface area contributed by atoms with E-state index in [-0.39, 0.29) is 5.92 Å². The van der Waals surface area contributed by atoms with Gasteiger partial charge >= 0.3 is 0 Å². The summed E-state index contributed by atoms with van der Waals surface area (Å²) in [4.78, 5) is 0. The first kappa shape index (κ1) is 4.06. The summed E-state index contributed by atoms with van der Waals surface area (Å²) in [5, 5.41) is 0. The van der Waals surface area contributed by atoms with Crippen molar-refractivity contribution in [2.24, 2.45) is 11.7 Å². The first-order chi connectivity index (χ1) is 2.84. The van der Waals surface area contributed by atoms with Gasteiger partial charge in [-0.1, -0.05) is 0 Å². The van der Waals surface area contributed by atoms with Gasteiger partial charge in [0.1, 0.15) is 6.17 Å². The molecule has 2 heteroatoms. The van der Waals surface area contributed by atoms with Crippen molar-refractivity contribution in [2.75, 3.05) is 6.54 Å². The van der Waals surface area contributed by atoms with E-state index < -0.39 is 6.17 Å². The molecule has 0 heterocycles.